The van der Waals surface area contributed by atoms with Crippen LogP contribution < -0.4 is 9.64 Å². The summed E-state index contributed by atoms with van der Waals surface area (Å²) in [5, 5.41) is 9.22. The van der Waals surface area contributed by atoms with E-state index >= 15 is 0 Å². The molecular formula is C12H20N2O2. The van der Waals surface area contributed by atoms with Crippen molar-refractivity contribution in [2.24, 2.45) is 0 Å². The number of anilines is 1. The topological polar surface area (TPSA) is 45.6 Å². The molecule has 0 aromatic carbocycles. The van der Waals surface area contributed by atoms with Gasteiger partial charge >= 0.3 is 0 Å². The van der Waals surface area contributed by atoms with Gasteiger partial charge in [-0.15, -0.1) is 0 Å². The summed E-state index contributed by atoms with van der Waals surface area (Å²) in [6.45, 7) is 5.12. The van der Waals surface area contributed by atoms with Gasteiger partial charge in [0.1, 0.15) is 5.82 Å². The third-order valence-electron chi connectivity index (χ3n) is 2.27. The maximum absolute atomic E-state index is 9.22. The fourth-order valence-corrected chi connectivity index (χ4v) is 1.34. The summed E-state index contributed by atoms with van der Waals surface area (Å²) in [5.74, 6) is 1.51. The second-order valence-electron chi connectivity index (χ2n) is 3.83. The highest BCUT2D eigenvalue weighted by Gasteiger charge is 2.05. The fraction of sp³-hybridized carbons (Fsp3) is 0.583. The lowest BCUT2D eigenvalue weighted by atomic mass is 10.3. The first kappa shape index (κ1) is 12.8. The van der Waals surface area contributed by atoms with E-state index in [0.29, 0.717) is 12.5 Å². The molecule has 4 nitrogen and oxygen atoms in total. The Morgan fingerprint density at radius 3 is 2.88 bits per heavy atom. The molecule has 0 amide bonds. The van der Waals surface area contributed by atoms with Crippen LogP contribution in [0, 0.1) is 0 Å². The Bertz CT molecular complexity index is 316. The lowest BCUT2D eigenvalue weighted by Crippen LogP contribution is -2.22. The molecule has 0 aliphatic heterocycles. The first-order valence-corrected chi connectivity index (χ1v) is 5.62. The number of aliphatic hydroxyl groups is 1. The van der Waals surface area contributed by atoms with E-state index in [1.807, 2.05) is 37.1 Å². The number of aromatic nitrogens is 1. The van der Waals surface area contributed by atoms with Crippen molar-refractivity contribution in [3.63, 3.8) is 0 Å². The van der Waals surface area contributed by atoms with Crippen LogP contribution >= 0.6 is 0 Å². The minimum atomic E-state index is -0.280. The third kappa shape index (κ3) is 4.06. The molecule has 16 heavy (non-hydrogen) atoms. The zero-order chi connectivity index (χ0) is 12.0. The van der Waals surface area contributed by atoms with Crippen molar-refractivity contribution in [3.05, 3.63) is 18.2 Å². The molecule has 0 aliphatic carbocycles. The van der Waals surface area contributed by atoms with Crippen molar-refractivity contribution in [2.75, 3.05) is 25.1 Å². The van der Waals surface area contributed by atoms with Crippen molar-refractivity contribution < 1.29 is 9.84 Å². The van der Waals surface area contributed by atoms with Gasteiger partial charge in [0.2, 0.25) is 5.88 Å². The maximum atomic E-state index is 9.22. The van der Waals surface area contributed by atoms with Crippen molar-refractivity contribution >= 4 is 5.82 Å². The Kier molecular flexibility index (Phi) is 5.05. The molecule has 0 saturated heterocycles. The normalized spacial score (nSPS) is 12.2. The van der Waals surface area contributed by atoms with Gasteiger partial charge in [-0.2, -0.15) is 4.98 Å². The zero-order valence-electron chi connectivity index (χ0n) is 10.2. The Morgan fingerprint density at radius 2 is 2.25 bits per heavy atom. The Morgan fingerprint density at radius 1 is 1.50 bits per heavy atom. The van der Waals surface area contributed by atoms with Gasteiger partial charge in [-0.25, -0.2) is 0 Å². The van der Waals surface area contributed by atoms with E-state index < -0.39 is 0 Å². The van der Waals surface area contributed by atoms with Gasteiger partial charge in [-0.1, -0.05) is 6.07 Å². The van der Waals surface area contributed by atoms with Crippen LogP contribution in [0.4, 0.5) is 5.82 Å². The first-order valence-electron chi connectivity index (χ1n) is 5.62. The lowest BCUT2D eigenvalue weighted by Gasteiger charge is -2.19. The number of ether oxygens (including phenoxy) is 1. The van der Waals surface area contributed by atoms with Crippen molar-refractivity contribution in [2.45, 2.75) is 26.4 Å². The molecule has 1 atom stereocenters. The quantitative estimate of drug-likeness (QED) is 0.798. The van der Waals surface area contributed by atoms with Crippen LogP contribution in [0.15, 0.2) is 18.2 Å². The van der Waals surface area contributed by atoms with E-state index in [4.69, 9.17) is 4.74 Å². The molecule has 90 valence electrons. The molecule has 1 unspecified atom stereocenters. The van der Waals surface area contributed by atoms with E-state index in [1.165, 1.54) is 0 Å². The molecule has 1 N–H and O–H groups in total. The van der Waals surface area contributed by atoms with Crippen molar-refractivity contribution in [3.8, 4) is 5.88 Å². The molecule has 0 saturated carbocycles. The number of nitrogens with zero attached hydrogens (tertiary/aromatic N) is 2. The maximum Gasteiger partial charge on any atom is 0.215 e. The van der Waals surface area contributed by atoms with Crippen LogP contribution in [-0.4, -0.2) is 36.4 Å². The molecule has 0 fully saturated rings. The summed E-state index contributed by atoms with van der Waals surface area (Å²) >= 11 is 0. The van der Waals surface area contributed by atoms with Crippen LogP contribution in [0.1, 0.15) is 20.3 Å². The van der Waals surface area contributed by atoms with E-state index in [9.17, 15) is 5.11 Å². The largest absolute Gasteiger partial charge is 0.478 e. The molecule has 1 aromatic heterocycles. The monoisotopic (exact) mass is 224 g/mol. The summed E-state index contributed by atoms with van der Waals surface area (Å²) in [6, 6.07) is 5.70. The molecule has 0 bridgehead atoms. The van der Waals surface area contributed by atoms with Gasteiger partial charge in [-0.05, 0) is 26.3 Å². The van der Waals surface area contributed by atoms with Crippen LogP contribution in [0.3, 0.4) is 0 Å². The average molecular weight is 224 g/mol. The summed E-state index contributed by atoms with van der Waals surface area (Å²) in [5.41, 5.74) is 0. The Balaban J connectivity index is 2.60. The predicted octanol–water partition coefficient (Wildman–Crippen LogP) is 1.69. The highest BCUT2D eigenvalue weighted by Crippen LogP contribution is 2.15. The highest BCUT2D eigenvalue weighted by molar-refractivity contribution is 5.39. The van der Waals surface area contributed by atoms with E-state index in [-0.39, 0.29) is 6.10 Å². The molecule has 0 aliphatic rings. The van der Waals surface area contributed by atoms with E-state index in [0.717, 1.165) is 18.8 Å². The highest BCUT2D eigenvalue weighted by atomic mass is 16.5. The van der Waals surface area contributed by atoms with Crippen LogP contribution in [0.25, 0.3) is 0 Å². The first-order chi connectivity index (χ1) is 7.63. The van der Waals surface area contributed by atoms with Crippen LogP contribution in [0.2, 0.25) is 0 Å². The summed E-state index contributed by atoms with van der Waals surface area (Å²) in [4.78, 5) is 6.37. The molecular weight excluding hydrogens is 204 g/mol. The van der Waals surface area contributed by atoms with Gasteiger partial charge in [0, 0.05) is 19.7 Å². The average Bonchev–Trinajstić information content (AvgIpc) is 2.26. The summed E-state index contributed by atoms with van der Waals surface area (Å²) < 4.78 is 5.34. The molecule has 1 heterocycles. The number of pyridine rings is 1. The molecule has 0 radical (unpaired) electrons. The zero-order valence-corrected chi connectivity index (χ0v) is 10.2. The number of hydrogen-bond donors (Lipinski definition) is 1. The SMILES string of the molecule is CCOc1cccc(N(C)CCC(C)O)n1. The molecule has 1 rings (SSSR count). The summed E-state index contributed by atoms with van der Waals surface area (Å²) in [7, 11) is 1.96. The van der Waals surface area contributed by atoms with Gasteiger partial charge in [0.25, 0.3) is 0 Å². The van der Waals surface area contributed by atoms with Crippen LogP contribution in [-0.2, 0) is 0 Å². The van der Waals surface area contributed by atoms with Crippen molar-refractivity contribution in [1.82, 2.24) is 4.98 Å². The second-order valence-corrected chi connectivity index (χ2v) is 3.83. The number of rotatable bonds is 6. The van der Waals surface area contributed by atoms with E-state index in [1.54, 1.807) is 6.92 Å². The summed E-state index contributed by atoms with van der Waals surface area (Å²) in [6.07, 6.45) is 0.453. The third-order valence-corrected chi connectivity index (χ3v) is 2.27. The predicted molar refractivity (Wildman–Crippen MR) is 65.0 cm³/mol. The number of aliphatic hydroxyl groups excluding tert-OH is 1. The van der Waals surface area contributed by atoms with Crippen LogP contribution in [0.5, 0.6) is 5.88 Å². The van der Waals surface area contributed by atoms with Gasteiger partial charge in [0.15, 0.2) is 0 Å². The van der Waals surface area contributed by atoms with Gasteiger partial charge in [0.05, 0.1) is 12.7 Å². The molecule has 0 spiro atoms. The lowest BCUT2D eigenvalue weighted by molar-refractivity contribution is 0.187. The Hall–Kier alpha value is -1.29. The molecule has 1 aromatic rings. The number of hydrogen-bond acceptors (Lipinski definition) is 4. The van der Waals surface area contributed by atoms with Gasteiger partial charge in [-0.3, -0.25) is 0 Å². The minimum Gasteiger partial charge on any atom is -0.478 e. The smallest absolute Gasteiger partial charge is 0.215 e. The van der Waals surface area contributed by atoms with Crippen molar-refractivity contribution in [1.29, 1.82) is 0 Å². The standard InChI is InChI=1S/C12H20N2O2/c1-4-16-12-7-5-6-11(13-12)14(3)9-8-10(2)15/h5-7,10,15H,4,8-9H2,1-3H3. The van der Waals surface area contributed by atoms with E-state index in [2.05, 4.69) is 4.98 Å². The minimum absolute atomic E-state index is 0.280. The fourth-order valence-electron chi connectivity index (χ4n) is 1.34. The molecule has 4 heteroatoms. The second kappa shape index (κ2) is 6.33. The van der Waals surface area contributed by atoms with Gasteiger partial charge < -0.3 is 14.7 Å². The Labute approximate surface area is 96.9 Å².